The number of carbonyl (C=O) groups excluding carboxylic acids is 1. The van der Waals surface area contributed by atoms with Crippen molar-refractivity contribution in [1.29, 1.82) is 0 Å². The lowest BCUT2D eigenvalue weighted by Gasteiger charge is -2.07. The minimum absolute atomic E-state index is 0.0810. The number of benzene rings is 2. The molecule has 6 nitrogen and oxygen atoms in total. The van der Waals surface area contributed by atoms with Crippen LogP contribution in [0.15, 0.2) is 48.5 Å². The van der Waals surface area contributed by atoms with Crippen molar-refractivity contribution in [3.05, 3.63) is 71.0 Å². The van der Waals surface area contributed by atoms with E-state index in [-0.39, 0.29) is 24.1 Å². The Labute approximate surface area is 160 Å². The number of nitrogens with zero attached hydrogens (tertiary/aromatic N) is 3. The van der Waals surface area contributed by atoms with Crippen LogP contribution in [0.5, 0.6) is 5.75 Å². The highest BCUT2D eigenvalue weighted by Gasteiger charge is 2.14. The number of hydrogen-bond acceptors (Lipinski definition) is 4. The highest BCUT2D eigenvalue weighted by Crippen LogP contribution is 2.15. The van der Waals surface area contributed by atoms with Crippen molar-refractivity contribution in [2.75, 3.05) is 13.2 Å². The maximum absolute atomic E-state index is 13.4. The van der Waals surface area contributed by atoms with Crippen LogP contribution in [-0.4, -0.2) is 33.8 Å². The van der Waals surface area contributed by atoms with Crippen LogP contribution in [0.1, 0.15) is 22.9 Å². The molecule has 1 amide bonds. The molecule has 0 bridgehead atoms. The quantitative estimate of drug-likeness (QED) is 0.628. The minimum Gasteiger partial charge on any atom is -0.490 e. The second-order valence-corrected chi connectivity index (χ2v) is 6.20. The van der Waals surface area contributed by atoms with E-state index in [1.807, 2.05) is 0 Å². The van der Waals surface area contributed by atoms with E-state index in [0.717, 1.165) is 5.69 Å². The first-order valence-corrected chi connectivity index (χ1v) is 8.77. The van der Waals surface area contributed by atoms with Gasteiger partial charge >= 0.3 is 0 Å². The lowest BCUT2D eigenvalue weighted by molar-refractivity contribution is 0.0941. The van der Waals surface area contributed by atoms with Crippen molar-refractivity contribution >= 4 is 17.5 Å². The van der Waals surface area contributed by atoms with Gasteiger partial charge in [-0.3, -0.25) is 4.79 Å². The zero-order chi connectivity index (χ0) is 19.2. The van der Waals surface area contributed by atoms with E-state index in [4.69, 9.17) is 16.3 Å². The molecular formula is C19H18ClFN4O2. The lowest BCUT2D eigenvalue weighted by Crippen LogP contribution is -2.26. The van der Waals surface area contributed by atoms with Crippen LogP contribution >= 0.6 is 11.6 Å². The molecule has 3 rings (SSSR count). The van der Waals surface area contributed by atoms with E-state index in [2.05, 4.69) is 15.4 Å². The number of para-hydroxylation sites is 1. The highest BCUT2D eigenvalue weighted by molar-refractivity contribution is 6.30. The normalized spacial score (nSPS) is 10.6. The Morgan fingerprint density at radius 3 is 2.70 bits per heavy atom. The molecule has 1 aromatic heterocycles. The number of halogens is 2. The molecule has 0 fully saturated rings. The first-order chi connectivity index (χ1) is 13.0. The Kier molecular flexibility index (Phi) is 6.03. The Morgan fingerprint density at radius 1 is 1.22 bits per heavy atom. The van der Waals surface area contributed by atoms with E-state index >= 15 is 0 Å². The summed E-state index contributed by atoms with van der Waals surface area (Å²) in [5.41, 5.74) is 0.765. The fourth-order valence-electron chi connectivity index (χ4n) is 2.41. The molecule has 0 saturated heterocycles. The van der Waals surface area contributed by atoms with Crippen LogP contribution in [-0.2, 0) is 0 Å². The average Bonchev–Trinajstić information content (AvgIpc) is 3.05. The maximum atomic E-state index is 13.4. The van der Waals surface area contributed by atoms with Crippen molar-refractivity contribution in [1.82, 2.24) is 20.1 Å². The van der Waals surface area contributed by atoms with Gasteiger partial charge in [-0.25, -0.2) is 14.1 Å². The molecule has 140 valence electrons. The van der Waals surface area contributed by atoms with Crippen molar-refractivity contribution in [3.8, 4) is 11.4 Å². The standard InChI is InChI=1S/C19H18ClFN4O2/c1-13-23-18(24-25(13)15-9-7-14(20)8-10-15)19(26)22-11-4-12-27-17-6-3-2-5-16(17)21/h2-3,5-10H,4,11-12H2,1H3,(H,22,26). The van der Waals surface area contributed by atoms with Crippen molar-refractivity contribution in [3.63, 3.8) is 0 Å². The summed E-state index contributed by atoms with van der Waals surface area (Å²) in [5, 5.41) is 7.58. The molecule has 0 aliphatic carbocycles. The smallest absolute Gasteiger partial charge is 0.290 e. The monoisotopic (exact) mass is 388 g/mol. The van der Waals surface area contributed by atoms with E-state index < -0.39 is 5.82 Å². The average molecular weight is 389 g/mol. The molecule has 0 radical (unpaired) electrons. The summed E-state index contributed by atoms with van der Waals surface area (Å²) < 4.78 is 20.3. The van der Waals surface area contributed by atoms with Gasteiger partial charge in [-0.05, 0) is 49.7 Å². The van der Waals surface area contributed by atoms with Crippen molar-refractivity contribution in [2.45, 2.75) is 13.3 Å². The molecule has 1 heterocycles. The van der Waals surface area contributed by atoms with E-state index in [9.17, 15) is 9.18 Å². The minimum atomic E-state index is -0.408. The summed E-state index contributed by atoms with van der Waals surface area (Å²) in [6.45, 7) is 2.41. The first kappa shape index (κ1) is 18.8. The zero-order valence-corrected chi connectivity index (χ0v) is 15.4. The number of amides is 1. The van der Waals surface area contributed by atoms with Crippen LogP contribution in [0.2, 0.25) is 5.02 Å². The van der Waals surface area contributed by atoms with Gasteiger partial charge in [0.05, 0.1) is 12.3 Å². The summed E-state index contributed by atoms with van der Waals surface area (Å²) in [6, 6.07) is 13.3. The van der Waals surface area contributed by atoms with Crippen molar-refractivity contribution < 1.29 is 13.9 Å². The van der Waals surface area contributed by atoms with E-state index in [0.29, 0.717) is 23.8 Å². The third kappa shape index (κ3) is 4.83. The molecule has 0 aliphatic rings. The number of nitrogens with one attached hydrogen (secondary N) is 1. The molecular weight excluding hydrogens is 371 g/mol. The maximum Gasteiger partial charge on any atom is 0.290 e. The van der Waals surface area contributed by atoms with Gasteiger partial charge < -0.3 is 10.1 Å². The highest BCUT2D eigenvalue weighted by atomic mass is 35.5. The first-order valence-electron chi connectivity index (χ1n) is 8.40. The Balaban J connectivity index is 1.50. The van der Waals surface area contributed by atoms with Crippen LogP contribution in [0.25, 0.3) is 5.69 Å². The Hall–Kier alpha value is -2.93. The Morgan fingerprint density at radius 2 is 1.96 bits per heavy atom. The molecule has 27 heavy (non-hydrogen) atoms. The van der Waals surface area contributed by atoms with Gasteiger partial charge in [-0.2, -0.15) is 0 Å². The molecule has 8 heteroatoms. The number of hydrogen-bond donors (Lipinski definition) is 1. The van der Waals surface area contributed by atoms with Crippen LogP contribution in [0.4, 0.5) is 4.39 Å². The predicted molar refractivity (Wildman–Crippen MR) is 100.0 cm³/mol. The summed E-state index contributed by atoms with van der Waals surface area (Å²) in [7, 11) is 0. The van der Waals surface area contributed by atoms with E-state index in [1.165, 1.54) is 6.07 Å². The molecule has 0 spiro atoms. The molecule has 0 saturated carbocycles. The summed E-state index contributed by atoms with van der Waals surface area (Å²) in [4.78, 5) is 16.4. The van der Waals surface area contributed by atoms with Crippen LogP contribution in [0.3, 0.4) is 0 Å². The van der Waals surface area contributed by atoms with Gasteiger partial charge in [0.1, 0.15) is 5.82 Å². The van der Waals surface area contributed by atoms with Crippen LogP contribution < -0.4 is 10.1 Å². The van der Waals surface area contributed by atoms with Gasteiger partial charge in [0.2, 0.25) is 5.82 Å². The largest absolute Gasteiger partial charge is 0.490 e. The number of rotatable bonds is 7. The third-order valence-corrected chi connectivity index (χ3v) is 4.00. The predicted octanol–water partition coefficient (Wildman–Crippen LogP) is 3.57. The van der Waals surface area contributed by atoms with E-state index in [1.54, 1.807) is 54.1 Å². The molecule has 1 N–H and O–H groups in total. The topological polar surface area (TPSA) is 69.0 Å². The van der Waals surface area contributed by atoms with Crippen LogP contribution in [0, 0.1) is 12.7 Å². The summed E-state index contributed by atoms with van der Waals surface area (Å²) in [6.07, 6.45) is 0.525. The molecule has 0 atom stereocenters. The molecule has 2 aromatic carbocycles. The summed E-state index contributed by atoms with van der Waals surface area (Å²) in [5.74, 6) is 0.0799. The summed E-state index contributed by atoms with van der Waals surface area (Å²) >= 11 is 5.88. The zero-order valence-electron chi connectivity index (χ0n) is 14.7. The SMILES string of the molecule is Cc1nc(C(=O)NCCCOc2ccccc2F)nn1-c1ccc(Cl)cc1. The second-order valence-electron chi connectivity index (χ2n) is 5.76. The van der Waals surface area contributed by atoms with Gasteiger partial charge in [0, 0.05) is 11.6 Å². The number of aryl methyl sites for hydroxylation is 1. The fraction of sp³-hybridized carbons (Fsp3) is 0.211. The molecule has 0 unspecified atom stereocenters. The Bertz CT molecular complexity index is 928. The third-order valence-electron chi connectivity index (χ3n) is 3.74. The van der Waals surface area contributed by atoms with Gasteiger partial charge in [-0.15, -0.1) is 5.10 Å². The number of carbonyl (C=O) groups is 1. The number of aromatic nitrogens is 3. The molecule has 0 aliphatic heterocycles. The van der Waals surface area contributed by atoms with Gasteiger partial charge in [0.15, 0.2) is 11.6 Å². The second kappa shape index (κ2) is 8.64. The number of ether oxygens (including phenoxy) is 1. The fourth-order valence-corrected chi connectivity index (χ4v) is 2.54. The van der Waals surface area contributed by atoms with Gasteiger partial charge in [0.25, 0.3) is 5.91 Å². The van der Waals surface area contributed by atoms with Crippen molar-refractivity contribution in [2.24, 2.45) is 0 Å². The molecule has 3 aromatic rings. The lowest BCUT2D eigenvalue weighted by atomic mass is 10.3. The van der Waals surface area contributed by atoms with Gasteiger partial charge in [-0.1, -0.05) is 23.7 Å².